The lowest BCUT2D eigenvalue weighted by atomic mass is 10.1. The fourth-order valence-corrected chi connectivity index (χ4v) is 2.52. The normalized spacial score (nSPS) is 11.8. The van der Waals surface area contributed by atoms with Crippen molar-refractivity contribution in [3.05, 3.63) is 29.3 Å². The Morgan fingerprint density at radius 3 is 2.70 bits per heavy atom. The average Bonchev–Trinajstić information content (AvgIpc) is 2.45. The molecule has 1 unspecified atom stereocenters. The Balaban J connectivity index is 2.61. The number of amides is 1. The molecule has 0 aliphatic carbocycles. The third kappa shape index (κ3) is 4.56. The van der Waals surface area contributed by atoms with E-state index in [0.717, 1.165) is 23.2 Å². The number of hydrogen-bond donors (Lipinski definition) is 1. The Kier molecular flexibility index (Phi) is 6.58. The zero-order valence-corrected chi connectivity index (χ0v) is 13.2. The molecule has 1 rings (SSSR count). The summed E-state index contributed by atoms with van der Waals surface area (Å²) in [6.45, 7) is 5.76. The van der Waals surface area contributed by atoms with Crippen molar-refractivity contribution in [3.63, 3.8) is 0 Å². The second-order valence-electron chi connectivity index (χ2n) is 4.49. The lowest BCUT2D eigenvalue weighted by molar-refractivity contribution is -0.139. The molecule has 1 aromatic rings. The van der Waals surface area contributed by atoms with Crippen molar-refractivity contribution in [2.24, 2.45) is 0 Å². The Labute approximate surface area is 124 Å². The van der Waals surface area contributed by atoms with Crippen LogP contribution in [0.2, 0.25) is 0 Å². The number of esters is 1. The predicted octanol–water partition coefficient (Wildman–Crippen LogP) is 2.79. The van der Waals surface area contributed by atoms with Gasteiger partial charge in [0, 0.05) is 5.69 Å². The first kappa shape index (κ1) is 16.6. The largest absolute Gasteiger partial charge is 0.468 e. The van der Waals surface area contributed by atoms with Gasteiger partial charge in [-0.15, -0.1) is 11.8 Å². The molecule has 0 bridgehead atoms. The molecule has 0 aromatic heterocycles. The molecule has 5 heteroatoms. The molecule has 110 valence electrons. The average molecular weight is 295 g/mol. The highest BCUT2D eigenvalue weighted by Crippen LogP contribution is 2.21. The lowest BCUT2D eigenvalue weighted by Gasteiger charge is -2.13. The van der Waals surface area contributed by atoms with Gasteiger partial charge in [0.15, 0.2) is 0 Å². The highest BCUT2D eigenvalue weighted by molar-refractivity contribution is 8.01. The second kappa shape index (κ2) is 7.94. The summed E-state index contributed by atoms with van der Waals surface area (Å²) < 4.78 is 4.63. The number of aryl methyl sites for hydroxylation is 2. The van der Waals surface area contributed by atoms with Crippen molar-refractivity contribution in [1.82, 2.24) is 0 Å². The molecule has 0 spiro atoms. The van der Waals surface area contributed by atoms with Crippen molar-refractivity contribution >= 4 is 29.3 Å². The van der Waals surface area contributed by atoms with Crippen molar-refractivity contribution in [2.75, 3.05) is 18.2 Å². The number of para-hydroxylation sites is 1. The van der Waals surface area contributed by atoms with Crippen LogP contribution in [0.4, 0.5) is 5.69 Å². The minimum Gasteiger partial charge on any atom is -0.468 e. The monoisotopic (exact) mass is 295 g/mol. The molecule has 0 aliphatic rings. The van der Waals surface area contributed by atoms with E-state index in [1.165, 1.54) is 18.9 Å². The summed E-state index contributed by atoms with van der Waals surface area (Å²) in [6.07, 6.45) is 0.864. The number of ether oxygens (including phenoxy) is 1. The van der Waals surface area contributed by atoms with E-state index in [-0.39, 0.29) is 22.9 Å². The van der Waals surface area contributed by atoms with Crippen LogP contribution in [0.25, 0.3) is 0 Å². The number of carbonyl (C=O) groups excluding carboxylic acids is 2. The van der Waals surface area contributed by atoms with Crippen molar-refractivity contribution in [3.8, 4) is 0 Å². The molecule has 0 aliphatic heterocycles. The smallest absolute Gasteiger partial charge is 0.318 e. The maximum atomic E-state index is 12.0. The molecule has 0 saturated heterocycles. The summed E-state index contributed by atoms with van der Waals surface area (Å²) in [5.74, 6) is -0.184. The van der Waals surface area contributed by atoms with E-state index in [4.69, 9.17) is 0 Å². The molecule has 1 aromatic carbocycles. The fraction of sp³-hybridized carbons (Fsp3) is 0.467. The first-order valence-corrected chi connectivity index (χ1v) is 7.62. The molecule has 1 atom stereocenters. The van der Waals surface area contributed by atoms with Crippen LogP contribution < -0.4 is 5.32 Å². The van der Waals surface area contributed by atoms with Crippen molar-refractivity contribution in [2.45, 2.75) is 32.4 Å². The molecule has 1 N–H and O–H groups in total. The number of methoxy groups -OCH3 is 1. The summed E-state index contributed by atoms with van der Waals surface area (Å²) in [4.78, 5) is 23.2. The maximum Gasteiger partial charge on any atom is 0.318 e. The molecule has 0 fully saturated rings. The van der Waals surface area contributed by atoms with Gasteiger partial charge in [-0.25, -0.2) is 0 Å². The van der Waals surface area contributed by atoms with Gasteiger partial charge < -0.3 is 10.1 Å². The molecule has 0 radical (unpaired) electrons. The quantitative estimate of drug-likeness (QED) is 0.820. The van der Waals surface area contributed by atoms with Crippen LogP contribution in [0.1, 0.15) is 25.0 Å². The summed E-state index contributed by atoms with van der Waals surface area (Å²) in [5.41, 5.74) is 3.04. The first-order valence-electron chi connectivity index (χ1n) is 6.57. The Morgan fingerprint density at radius 2 is 2.10 bits per heavy atom. The van der Waals surface area contributed by atoms with Gasteiger partial charge in [-0.3, -0.25) is 9.59 Å². The number of nitrogens with one attached hydrogen (secondary N) is 1. The molecular formula is C15H21NO3S. The topological polar surface area (TPSA) is 55.4 Å². The van der Waals surface area contributed by atoms with Crippen LogP contribution in [0, 0.1) is 6.92 Å². The van der Waals surface area contributed by atoms with Crippen LogP contribution in [-0.2, 0) is 20.7 Å². The molecule has 20 heavy (non-hydrogen) atoms. The Bertz CT molecular complexity index is 488. The van der Waals surface area contributed by atoms with Gasteiger partial charge in [-0.2, -0.15) is 0 Å². The molecule has 1 amide bonds. The van der Waals surface area contributed by atoms with Gasteiger partial charge in [0.1, 0.15) is 5.25 Å². The van der Waals surface area contributed by atoms with E-state index >= 15 is 0 Å². The van der Waals surface area contributed by atoms with Gasteiger partial charge in [0.05, 0.1) is 12.9 Å². The molecular weight excluding hydrogens is 274 g/mol. The Morgan fingerprint density at radius 1 is 1.40 bits per heavy atom. The van der Waals surface area contributed by atoms with Gasteiger partial charge >= 0.3 is 5.97 Å². The zero-order valence-electron chi connectivity index (χ0n) is 12.4. The van der Waals surface area contributed by atoms with Crippen LogP contribution in [-0.4, -0.2) is 30.0 Å². The highest BCUT2D eigenvalue weighted by Gasteiger charge is 2.16. The lowest BCUT2D eigenvalue weighted by Crippen LogP contribution is -2.21. The number of benzene rings is 1. The van der Waals surface area contributed by atoms with E-state index in [9.17, 15) is 9.59 Å². The van der Waals surface area contributed by atoms with Crippen molar-refractivity contribution < 1.29 is 14.3 Å². The number of carbonyl (C=O) groups is 2. The number of rotatable bonds is 6. The summed E-state index contributed by atoms with van der Waals surface area (Å²) >= 11 is 1.27. The van der Waals surface area contributed by atoms with Crippen molar-refractivity contribution in [1.29, 1.82) is 0 Å². The summed E-state index contributed by atoms with van der Waals surface area (Å²) in [5, 5.41) is 2.59. The number of anilines is 1. The minimum atomic E-state index is -0.340. The van der Waals surface area contributed by atoms with E-state index in [1.807, 2.05) is 25.1 Å². The van der Waals surface area contributed by atoms with Crippen LogP contribution in [0.5, 0.6) is 0 Å². The molecule has 4 nitrogen and oxygen atoms in total. The number of hydrogen-bond acceptors (Lipinski definition) is 4. The Hall–Kier alpha value is -1.49. The van der Waals surface area contributed by atoms with Crippen LogP contribution >= 0.6 is 11.8 Å². The third-order valence-corrected chi connectivity index (χ3v) is 4.12. The van der Waals surface area contributed by atoms with Gasteiger partial charge in [0.2, 0.25) is 5.91 Å². The van der Waals surface area contributed by atoms with E-state index < -0.39 is 0 Å². The fourth-order valence-electron chi connectivity index (χ4n) is 1.81. The standard InChI is InChI=1S/C15H21NO3S/c1-5-12-8-6-7-10(2)14(12)16-13(17)9-20-11(3)15(18)19-4/h6-8,11H,5,9H2,1-4H3,(H,16,17). The van der Waals surface area contributed by atoms with Crippen LogP contribution in [0.15, 0.2) is 18.2 Å². The second-order valence-corrected chi connectivity index (χ2v) is 5.82. The van der Waals surface area contributed by atoms with Gasteiger partial charge in [0.25, 0.3) is 0 Å². The molecule has 0 saturated carbocycles. The highest BCUT2D eigenvalue weighted by atomic mass is 32.2. The first-order chi connectivity index (χ1) is 9.49. The summed E-state index contributed by atoms with van der Waals surface area (Å²) in [7, 11) is 1.35. The predicted molar refractivity (Wildman–Crippen MR) is 83.1 cm³/mol. The summed E-state index contributed by atoms with van der Waals surface area (Å²) in [6, 6.07) is 5.96. The van der Waals surface area contributed by atoms with E-state index in [2.05, 4.69) is 17.0 Å². The third-order valence-electron chi connectivity index (χ3n) is 3.00. The molecule has 0 heterocycles. The SMILES string of the molecule is CCc1cccc(C)c1NC(=O)CSC(C)C(=O)OC. The van der Waals surface area contributed by atoms with Gasteiger partial charge in [-0.1, -0.05) is 25.1 Å². The van der Waals surface area contributed by atoms with Crippen LogP contribution in [0.3, 0.4) is 0 Å². The van der Waals surface area contributed by atoms with E-state index in [1.54, 1.807) is 6.92 Å². The number of thioether (sulfide) groups is 1. The van der Waals surface area contributed by atoms with Gasteiger partial charge in [-0.05, 0) is 31.4 Å². The maximum absolute atomic E-state index is 12.0. The zero-order chi connectivity index (χ0) is 15.1. The minimum absolute atomic E-state index is 0.102. The van der Waals surface area contributed by atoms with E-state index in [0.29, 0.717) is 0 Å².